The molecular formula is C23H29ClN2O3. The van der Waals surface area contributed by atoms with Crippen LogP contribution in [0.25, 0.3) is 0 Å². The molecule has 0 spiro atoms. The largest absolute Gasteiger partial charge is 0.482 e. The van der Waals surface area contributed by atoms with Crippen molar-refractivity contribution in [1.29, 1.82) is 0 Å². The average Bonchev–Trinajstić information content (AvgIpc) is 2.71. The molecule has 0 aliphatic heterocycles. The van der Waals surface area contributed by atoms with Crippen molar-refractivity contribution >= 4 is 23.4 Å². The van der Waals surface area contributed by atoms with E-state index in [0.29, 0.717) is 30.3 Å². The van der Waals surface area contributed by atoms with Gasteiger partial charge in [-0.05, 0) is 37.5 Å². The molecule has 29 heavy (non-hydrogen) atoms. The average molecular weight is 417 g/mol. The van der Waals surface area contributed by atoms with Crippen molar-refractivity contribution in [3.05, 3.63) is 64.7 Å². The molecular weight excluding hydrogens is 388 g/mol. The Morgan fingerprint density at radius 2 is 1.90 bits per heavy atom. The van der Waals surface area contributed by atoms with Gasteiger partial charge in [0, 0.05) is 13.1 Å². The summed E-state index contributed by atoms with van der Waals surface area (Å²) in [6.45, 7) is 6.63. The minimum Gasteiger partial charge on any atom is -0.482 e. The lowest BCUT2D eigenvalue weighted by molar-refractivity contribution is -0.143. The van der Waals surface area contributed by atoms with Gasteiger partial charge in [-0.1, -0.05) is 67.4 Å². The zero-order valence-corrected chi connectivity index (χ0v) is 18.0. The number of halogens is 1. The number of carbonyl (C=O) groups excluding carboxylic acids is 2. The Bertz CT molecular complexity index is 825. The van der Waals surface area contributed by atoms with E-state index in [1.165, 1.54) is 0 Å². The summed E-state index contributed by atoms with van der Waals surface area (Å²) in [7, 11) is 0. The lowest BCUT2D eigenvalue weighted by Crippen LogP contribution is -2.50. The Hall–Kier alpha value is -2.53. The molecule has 1 N–H and O–H groups in total. The first-order chi connectivity index (χ1) is 14.0. The van der Waals surface area contributed by atoms with Gasteiger partial charge in [0.2, 0.25) is 5.91 Å². The molecule has 0 radical (unpaired) electrons. The van der Waals surface area contributed by atoms with Crippen LogP contribution in [0.4, 0.5) is 0 Å². The molecule has 0 aromatic heterocycles. The quantitative estimate of drug-likeness (QED) is 0.626. The van der Waals surface area contributed by atoms with Crippen molar-refractivity contribution in [2.24, 2.45) is 0 Å². The third kappa shape index (κ3) is 6.79. The second kappa shape index (κ2) is 11.5. The topological polar surface area (TPSA) is 58.6 Å². The monoisotopic (exact) mass is 416 g/mol. The molecule has 0 fully saturated rings. The van der Waals surface area contributed by atoms with Gasteiger partial charge in [-0.3, -0.25) is 9.59 Å². The zero-order valence-electron chi connectivity index (χ0n) is 17.3. The first kappa shape index (κ1) is 22.8. The number of para-hydroxylation sites is 1. The molecule has 5 nitrogen and oxygen atoms in total. The molecule has 0 heterocycles. The highest BCUT2D eigenvalue weighted by atomic mass is 35.5. The third-order valence-corrected chi connectivity index (χ3v) is 4.87. The standard InChI is InChI=1S/C23H29ClN2O3/c1-4-13-25-23(28)20(5-2)26(15-18-10-8-9-17(3)14-18)22(27)16-29-21-12-7-6-11-19(21)24/h6-12,14,20H,4-5,13,15-16H2,1-3H3,(H,25,28)/t20-/m0/s1. The third-order valence-electron chi connectivity index (χ3n) is 4.56. The Labute approximate surface area is 178 Å². The van der Waals surface area contributed by atoms with Crippen LogP contribution in [0.1, 0.15) is 37.8 Å². The summed E-state index contributed by atoms with van der Waals surface area (Å²) in [5, 5.41) is 3.35. The number of nitrogens with one attached hydrogen (secondary N) is 1. The molecule has 2 aromatic carbocycles. The zero-order chi connectivity index (χ0) is 21.2. The molecule has 0 bridgehead atoms. The van der Waals surface area contributed by atoms with E-state index < -0.39 is 6.04 Å². The van der Waals surface area contributed by atoms with Gasteiger partial charge in [-0.2, -0.15) is 0 Å². The molecule has 1 atom stereocenters. The predicted octanol–water partition coefficient (Wildman–Crippen LogP) is 4.36. The second-order valence-corrected chi connectivity index (χ2v) is 7.35. The SMILES string of the molecule is CCCNC(=O)[C@H](CC)N(Cc1cccc(C)c1)C(=O)COc1ccccc1Cl. The number of hydrogen-bond acceptors (Lipinski definition) is 3. The summed E-state index contributed by atoms with van der Waals surface area (Å²) in [5.41, 5.74) is 2.07. The van der Waals surface area contributed by atoms with Gasteiger partial charge in [0.05, 0.1) is 5.02 Å². The van der Waals surface area contributed by atoms with Crippen LogP contribution in [0.2, 0.25) is 5.02 Å². The van der Waals surface area contributed by atoms with Gasteiger partial charge < -0.3 is 15.0 Å². The minimum absolute atomic E-state index is 0.145. The van der Waals surface area contributed by atoms with Crippen molar-refractivity contribution in [3.8, 4) is 5.75 Å². The number of benzene rings is 2. The number of ether oxygens (including phenoxy) is 1. The second-order valence-electron chi connectivity index (χ2n) is 6.94. The molecule has 0 aliphatic carbocycles. The van der Waals surface area contributed by atoms with Gasteiger partial charge in [0.1, 0.15) is 11.8 Å². The number of nitrogens with zero attached hydrogens (tertiary/aromatic N) is 1. The molecule has 0 aliphatic rings. The van der Waals surface area contributed by atoms with Crippen molar-refractivity contribution in [2.75, 3.05) is 13.2 Å². The van der Waals surface area contributed by atoms with E-state index in [-0.39, 0.29) is 18.4 Å². The molecule has 2 amide bonds. The highest BCUT2D eigenvalue weighted by molar-refractivity contribution is 6.32. The Morgan fingerprint density at radius 3 is 2.55 bits per heavy atom. The molecule has 0 unspecified atom stereocenters. The van der Waals surface area contributed by atoms with E-state index in [1.807, 2.05) is 45.0 Å². The van der Waals surface area contributed by atoms with Gasteiger partial charge in [0.15, 0.2) is 6.61 Å². The number of rotatable bonds is 10. The smallest absolute Gasteiger partial charge is 0.261 e. The molecule has 0 saturated heterocycles. The Kier molecular flexibility index (Phi) is 9.00. The Balaban J connectivity index is 2.20. The molecule has 0 saturated carbocycles. The predicted molar refractivity (Wildman–Crippen MR) is 116 cm³/mol. The maximum atomic E-state index is 13.1. The van der Waals surface area contributed by atoms with Gasteiger partial charge in [-0.25, -0.2) is 0 Å². The first-order valence-electron chi connectivity index (χ1n) is 9.96. The highest BCUT2D eigenvalue weighted by Gasteiger charge is 2.28. The van der Waals surface area contributed by atoms with Gasteiger partial charge in [-0.15, -0.1) is 0 Å². The Morgan fingerprint density at radius 1 is 1.14 bits per heavy atom. The van der Waals surface area contributed by atoms with Crippen molar-refractivity contribution in [2.45, 2.75) is 46.2 Å². The summed E-state index contributed by atoms with van der Waals surface area (Å²) in [4.78, 5) is 27.4. The normalized spacial score (nSPS) is 11.6. The number of hydrogen-bond donors (Lipinski definition) is 1. The maximum absolute atomic E-state index is 13.1. The molecule has 2 rings (SSSR count). The molecule has 156 valence electrons. The van der Waals surface area contributed by atoms with E-state index in [2.05, 4.69) is 5.32 Å². The van der Waals surface area contributed by atoms with Gasteiger partial charge in [0.25, 0.3) is 5.91 Å². The van der Waals surface area contributed by atoms with Crippen LogP contribution in [0, 0.1) is 6.92 Å². The summed E-state index contributed by atoms with van der Waals surface area (Å²) in [6.07, 6.45) is 1.35. The van der Waals surface area contributed by atoms with Crippen molar-refractivity contribution < 1.29 is 14.3 Å². The number of aryl methyl sites for hydroxylation is 1. The van der Waals surface area contributed by atoms with Crippen LogP contribution in [-0.2, 0) is 16.1 Å². The minimum atomic E-state index is -0.565. The molecule has 2 aromatic rings. The van der Waals surface area contributed by atoms with Gasteiger partial charge >= 0.3 is 0 Å². The fourth-order valence-electron chi connectivity index (χ4n) is 3.08. The van der Waals surface area contributed by atoms with Crippen LogP contribution >= 0.6 is 11.6 Å². The molecule has 6 heteroatoms. The van der Waals surface area contributed by atoms with Crippen LogP contribution < -0.4 is 10.1 Å². The summed E-state index contributed by atoms with van der Waals surface area (Å²) >= 11 is 6.12. The fourth-order valence-corrected chi connectivity index (χ4v) is 3.27. The van der Waals surface area contributed by atoms with E-state index in [0.717, 1.165) is 17.5 Å². The van der Waals surface area contributed by atoms with E-state index in [4.69, 9.17) is 16.3 Å². The lowest BCUT2D eigenvalue weighted by Gasteiger charge is -2.30. The maximum Gasteiger partial charge on any atom is 0.261 e. The fraction of sp³-hybridized carbons (Fsp3) is 0.391. The van der Waals surface area contributed by atoms with Crippen LogP contribution in [0.15, 0.2) is 48.5 Å². The summed E-state index contributed by atoms with van der Waals surface area (Å²) in [6, 6.07) is 14.4. The van der Waals surface area contributed by atoms with Crippen molar-refractivity contribution in [1.82, 2.24) is 10.2 Å². The van der Waals surface area contributed by atoms with E-state index in [9.17, 15) is 9.59 Å². The number of carbonyl (C=O) groups is 2. The summed E-state index contributed by atoms with van der Waals surface area (Å²) in [5.74, 6) is 0.0412. The van der Waals surface area contributed by atoms with Crippen LogP contribution in [0.3, 0.4) is 0 Å². The lowest BCUT2D eigenvalue weighted by atomic mass is 10.1. The van der Waals surface area contributed by atoms with Crippen LogP contribution in [-0.4, -0.2) is 35.9 Å². The van der Waals surface area contributed by atoms with Crippen molar-refractivity contribution in [3.63, 3.8) is 0 Å². The van der Waals surface area contributed by atoms with Crippen LogP contribution in [0.5, 0.6) is 5.75 Å². The van der Waals surface area contributed by atoms with E-state index >= 15 is 0 Å². The highest BCUT2D eigenvalue weighted by Crippen LogP contribution is 2.23. The van der Waals surface area contributed by atoms with E-state index in [1.54, 1.807) is 29.2 Å². The first-order valence-corrected chi connectivity index (χ1v) is 10.3. The number of amides is 2. The summed E-state index contributed by atoms with van der Waals surface area (Å²) < 4.78 is 5.64.